The minimum atomic E-state index is -2.98. The highest BCUT2D eigenvalue weighted by molar-refractivity contribution is 14.0. The molecule has 2 rings (SSSR count). The Hall–Kier alpha value is -0.830. The zero-order chi connectivity index (χ0) is 15.1. The number of likely N-dealkylation sites (tertiary alicyclic amines) is 1. The highest BCUT2D eigenvalue weighted by Crippen LogP contribution is 2.12. The van der Waals surface area contributed by atoms with Gasteiger partial charge in [-0.05, 0) is 31.4 Å². The molecule has 1 aliphatic rings. The quantitative estimate of drug-likeness (QED) is 0.447. The first kappa shape index (κ1) is 19.2. The number of aliphatic imine (C=N–C) groups is 1. The number of hydrogen-bond donors (Lipinski definition) is 1. The second-order valence-electron chi connectivity index (χ2n) is 5.37. The normalized spacial score (nSPS) is 16.0. The van der Waals surface area contributed by atoms with Crippen LogP contribution < -0.4 is 5.32 Å². The molecule has 1 heterocycles. The van der Waals surface area contributed by atoms with E-state index in [4.69, 9.17) is 0 Å². The van der Waals surface area contributed by atoms with Gasteiger partial charge in [0, 0.05) is 25.0 Å². The van der Waals surface area contributed by atoms with Crippen LogP contribution in [0.5, 0.6) is 0 Å². The maximum atomic E-state index is 11.2. The Labute approximate surface area is 150 Å². The van der Waals surface area contributed by atoms with Crippen LogP contribution in [-0.2, 0) is 9.84 Å². The molecular weight excluding hydrogens is 413 g/mol. The third kappa shape index (κ3) is 6.95. The van der Waals surface area contributed by atoms with Crippen molar-refractivity contribution in [3.63, 3.8) is 0 Å². The Balaban J connectivity index is 0.00000242. The first-order valence-corrected chi connectivity index (χ1v) is 9.40. The number of guanidine groups is 1. The standard InChI is InChI=1S/C15H23N3O2S.HI/c1-21(19,20)13-10-16-15(18-11-6-3-7-12-18)17-14-8-4-2-5-9-14;/h2,4-5,8-9H,3,6-7,10-13H2,1H3,(H,16,17);1H. The van der Waals surface area contributed by atoms with E-state index in [1.165, 1.54) is 12.7 Å². The third-order valence-electron chi connectivity index (χ3n) is 3.41. The van der Waals surface area contributed by atoms with Crippen molar-refractivity contribution in [3.8, 4) is 0 Å². The molecule has 124 valence electrons. The van der Waals surface area contributed by atoms with Crippen molar-refractivity contribution >= 4 is 45.5 Å². The minimum absolute atomic E-state index is 0. The molecule has 7 heteroatoms. The zero-order valence-corrected chi connectivity index (χ0v) is 16.0. The van der Waals surface area contributed by atoms with E-state index >= 15 is 0 Å². The van der Waals surface area contributed by atoms with Gasteiger partial charge < -0.3 is 10.2 Å². The van der Waals surface area contributed by atoms with Crippen LogP contribution in [0.4, 0.5) is 5.69 Å². The average molecular weight is 437 g/mol. The van der Waals surface area contributed by atoms with Crippen molar-refractivity contribution in [2.75, 3.05) is 37.0 Å². The van der Waals surface area contributed by atoms with Crippen molar-refractivity contribution in [1.29, 1.82) is 0 Å². The zero-order valence-electron chi connectivity index (χ0n) is 12.9. The lowest BCUT2D eigenvalue weighted by atomic mass is 10.1. The summed E-state index contributed by atoms with van der Waals surface area (Å²) in [6.07, 6.45) is 4.80. The first-order valence-electron chi connectivity index (χ1n) is 7.34. The van der Waals surface area contributed by atoms with Gasteiger partial charge in [0.15, 0.2) is 5.96 Å². The van der Waals surface area contributed by atoms with E-state index in [-0.39, 0.29) is 29.7 Å². The molecule has 1 fully saturated rings. The van der Waals surface area contributed by atoms with Gasteiger partial charge in [-0.3, -0.25) is 4.99 Å². The highest BCUT2D eigenvalue weighted by Gasteiger charge is 2.15. The minimum Gasteiger partial charge on any atom is -0.343 e. The van der Waals surface area contributed by atoms with Gasteiger partial charge in [0.25, 0.3) is 0 Å². The average Bonchev–Trinajstić information content (AvgIpc) is 2.47. The Morgan fingerprint density at radius 3 is 2.41 bits per heavy atom. The fourth-order valence-electron chi connectivity index (χ4n) is 2.29. The van der Waals surface area contributed by atoms with E-state index in [1.54, 1.807) is 0 Å². The number of sulfone groups is 1. The summed E-state index contributed by atoms with van der Waals surface area (Å²) >= 11 is 0. The summed E-state index contributed by atoms with van der Waals surface area (Å²) in [5.74, 6) is 0.866. The summed E-state index contributed by atoms with van der Waals surface area (Å²) in [6.45, 7) is 2.24. The van der Waals surface area contributed by atoms with Gasteiger partial charge >= 0.3 is 0 Å². The Morgan fingerprint density at radius 1 is 1.18 bits per heavy atom. The van der Waals surface area contributed by atoms with Crippen LogP contribution >= 0.6 is 24.0 Å². The van der Waals surface area contributed by atoms with Crippen molar-refractivity contribution in [2.24, 2.45) is 4.99 Å². The molecule has 0 atom stereocenters. The van der Waals surface area contributed by atoms with E-state index in [2.05, 4.69) is 15.2 Å². The lowest BCUT2D eigenvalue weighted by Crippen LogP contribution is -2.40. The molecular formula is C15H24IN3O2S. The van der Waals surface area contributed by atoms with Crippen LogP contribution in [-0.4, -0.2) is 50.9 Å². The maximum Gasteiger partial charge on any atom is 0.198 e. The van der Waals surface area contributed by atoms with Crippen LogP contribution in [0.3, 0.4) is 0 Å². The number of benzene rings is 1. The van der Waals surface area contributed by atoms with Crippen molar-refractivity contribution in [3.05, 3.63) is 30.3 Å². The molecule has 1 N–H and O–H groups in total. The first-order chi connectivity index (χ1) is 10.0. The molecule has 0 amide bonds. The lowest BCUT2D eigenvalue weighted by Gasteiger charge is -2.30. The van der Waals surface area contributed by atoms with E-state index in [0.29, 0.717) is 6.54 Å². The van der Waals surface area contributed by atoms with Gasteiger partial charge in [0.1, 0.15) is 9.84 Å². The van der Waals surface area contributed by atoms with Crippen LogP contribution in [0.25, 0.3) is 0 Å². The largest absolute Gasteiger partial charge is 0.343 e. The molecule has 0 bridgehead atoms. The second-order valence-corrected chi connectivity index (χ2v) is 7.63. The number of nitrogens with one attached hydrogen (secondary N) is 1. The summed E-state index contributed by atoms with van der Waals surface area (Å²) in [4.78, 5) is 6.69. The number of piperidine rings is 1. The van der Waals surface area contributed by atoms with Gasteiger partial charge in [0.2, 0.25) is 0 Å². The van der Waals surface area contributed by atoms with Crippen molar-refractivity contribution in [1.82, 2.24) is 4.90 Å². The third-order valence-corrected chi connectivity index (χ3v) is 4.33. The molecule has 22 heavy (non-hydrogen) atoms. The molecule has 1 aromatic rings. The van der Waals surface area contributed by atoms with Gasteiger partial charge in [-0.2, -0.15) is 0 Å². The Morgan fingerprint density at radius 2 is 1.82 bits per heavy atom. The van der Waals surface area contributed by atoms with Crippen molar-refractivity contribution in [2.45, 2.75) is 19.3 Å². The molecule has 0 unspecified atom stereocenters. The van der Waals surface area contributed by atoms with Crippen LogP contribution in [0, 0.1) is 0 Å². The van der Waals surface area contributed by atoms with Gasteiger partial charge in [0.05, 0.1) is 12.3 Å². The van der Waals surface area contributed by atoms with E-state index in [0.717, 1.165) is 37.6 Å². The lowest BCUT2D eigenvalue weighted by molar-refractivity contribution is 0.340. The molecule has 0 saturated carbocycles. The van der Waals surface area contributed by atoms with E-state index in [9.17, 15) is 8.42 Å². The number of anilines is 1. The number of nitrogens with zero attached hydrogens (tertiary/aromatic N) is 2. The molecule has 0 spiro atoms. The summed E-state index contributed by atoms with van der Waals surface area (Å²) in [5.41, 5.74) is 0.973. The molecule has 1 saturated heterocycles. The van der Waals surface area contributed by atoms with E-state index in [1.807, 2.05) is 30.3 Å². The van der Waals surface area contributed by atoms with Crippen LogP contribution in [0.2, 0.25) is 0 Å². The monoisotopic (exact) mass is 437 g/mol. The molecule has 0 radical (unpaired) electrons. The number of halogens is 1. The number of hydrogen-bond acceptors (Lipinski definition) is 3. The topological polar surface area (TPSA) is 61.8 Å². The van der Waals surface area contributed by atoms with Gasteiger partial charge in [-0.1, -0.05) is 18.2 Å². The van der Waals surface area contributed by atoms with Crippen LogP contribution in [0.15, 0.2) is 35.3 Å². The number of rotatable bonds is 4. The van der Waals surface area contributed by atoms with E-state index < -0.39 is 9.84 Å². The Bertz CT molecular complexity index is 570. The summed E-state index contributed by atoms with van der Waals surface area (Å²) in [6, 6.07) is 9.86. The second kappa shape index (κ2) is 9.34. The molecule has 0 aliphatic carbocycles. The molecule has 1 aromatic carbocycles. The summed E-state index contributed by atoms with van der Waals surface area (Å²) in [5, 5.41) is 3.32. The molecule has 0 aromatic heterocycles. The summed E-state index contributed by atoms with van der Waals surface area (Å²) < 4.78 is 22.5. The van der Waals surface area contributed by atoms with Crippen LogP contribution in [0.1, 0.15) is 19.3 Å². The number of para-hydroxylation sites is 1. The predicted molar refractivity (Wildman–Crippen MR) is 103 cm³/mol. The fraction of sp³-hybridized carbons (Fsp3) is 0.533. The maximum absolute atomic E-state index is 11.2. The van der Waals surface area contributed by atoms with Gasteiger partial charge in [-0.15, -0.1) is 24.0 Å². The Kier molecular flexibility index (Phi) is 8.16. The SMILES string of the molecule is CS(=O)(=O)CCN=C(Nc1ccccc1)N1CCCCC1.I. The smallest absolute Gasteiger partial charge is 0.198 e. The van der Waals surface area contributed by atoms with Crippen molar-refractivity contribution < 1.29 is 8.42 Å². The fourth-order valence-corrected chi connectivity index (χ4v) is 2.72. The highest BCUT2D eigenvalue weighted by atomic mass is 127. The molecule has 5 nitrogen and oxygen atoms in total. The summed E-state index contributed by atoms with van der Waals surface area (Å²) in [7, 11) is -2.98. The molecule has 1 aliphatic heterocycles. The predicted octanol–water partition coefficient (Wildman–Crippen LogP) is 2.60. The van der Waals surface area contributed by atoms with Gasteiger partial charge in [-0.25, -0.2) is 8.42 Å².